The van der Waals surface area contributed by atoms with Crippen molar-refractivity contribution in [2.75, 3.05) is 5.73 Å². The molecule has 6 heteroatoms. The first-order valence-electron chi connectivity index (χ1n) is 5.45. The van der Waals surface area contributed by atoms with Gasteiger partial charge in [0.1, 0.15) is 11.3 Å². The number of nitrogens with zero attached hydrogens (tertiary/aromatic N) is 1. The fourth-order valence-electron chi connectivity index (χ4n) is 1.89. The molecule has 1 aromatic heterocycles. The highest BCUT2D eigenvalue weighted by molar-refractivity contribution is 9.10. The fourth-order valence-corrected chi connectivity index (χ4v) is 3.02. The van der Waals surface area contributed by atoms with E-state index >= 15 is 0 Å². The zero-order chi connectivity index (χ0) is 13.6. The maximum absolute atomic E-state index is 6.18. The highest BCUT2D eigenvalue weighted by Gasteiger charge is 2.11. The Kier molecular flexibility index (Phi) is 3.17. The number of imidazole rings is 1. The summed E-state index contributed by atoms with van der Waals surface area (Å²) in [5, 5.41) is 1.13. The van der Waals surface area contributed by atoms with E-state index in [4.69, 9.17) is 28.9 Å². The quantitative estimate of drug-likeness (QED) is 0.610. The van der Waals surface area contributed by atoms with E-state index in [9.17, 15) is 0 Å². The van der Waals surface area contributed by atoms with E-state index in [0.29, 0.717) is 27.1 Å². The molecule has 0 radical (unpaired) electrons. The molecular weight excluding hydrogens is 349 g/mol. The van der Waals surface area contributed by atoms with Gasteiger partial charge < -0.3 is 10.7 Å². The Labute approximate surface area is 127 Å². The van der Waals surface area contributed by atoms with Gasteiger partial charge in [-0.15, -0.1) is 0 Å². The van der Waals surface area contributed by atoms with E-state index in [2.05, 4.69) is 25.9 Å². The number of rotatable bonds is 1. The van der Waals surface area contributed by atoms with Crippen LogP contribution in [-0.2, 0) is 0 Å². The molecule has 3 aromatic rings. The lowest BCUT2D eigenvalue weighted by Gasteiger charge is -2.01. The minimum absolute atomic E-state index is 0.550. The number of hydrogen-bond donors (Lipinski definition) is 2. The zero-order valence-electron chi connectivity index (χ0n) is 9.55. The molecule has 3 rings (SSSR count). The lowest BCUT2D eigenvalue weighted by molar-refractivity contribution is 1.34. The van der Waals surface area contributed by atoms with Crippen molar-refractivity contribution in [1.29, 1.82) is 0 Å². The molecule has 0 aliphatic heterocycles. The predicted octanol–water partition coefficient (Wildman–Crippen LogP) is 4.88. The van der Waals surface area contributed by atoms with Gasteiger partial charge in [-0.2, -0.15) is 0 Å². The largest absolute Gasteiger partial charge is 0.399 e. The topological polar surface area (TPSA) is 54.7 Å². The number of H-pyrrole nitrogens is 1. The Balaban J connectivity index is 2.23. The average molecular weight is 357 g/mol. The van der Waals surface area contributed by atoms with Crippen LogP contribution in [-0.4, -0.2) is 9.97 Å². The summed E-state index contributed by atoms with van der Waals surface area (Å²) in [4.78, 5) is 7.68. The maximum Gasteiger partial charge on any atom is 0.140 e. The average Bonchev–Trinajstić information content (AvgIpc) is 2.72. The van der Waals surface area contributed by atoms with Gasteiger partial charge in [-0.05, 0) is 30.3 Å². The third kappa shape index (κ3) is 2.31. The molecule has 0 aliphatic rings. The number of aromatic amines is 1. The van der Waals surface area contributed by atoms with Crippen molar-refractivity contribution in [3.8, 4) is 11.4 Å². The fraction of sp³-hybridized carbons (Fsp3) is 0. The van der Waals surface area contributed by atoms with E-state index in [1.807, 2.05) is 12.1 Å². The Morgan fingerprint density at radius 1 is 1.11 bits per heavy atom. The van der Waals surface area contributed by atoms with E-state index in [1.165, 1.54) is 0 Å². The van der Waals surface area contributed by atoms with E-state index in [1.54, 1.807) is 18.2 Å². The van der Waals surface area contributed by atoms with Gasteiger partial charge in [0, 0.05) is 15.7 Å². The molecule has 0 amide bonds. The van der Waals surface area contributed by atoms with E-state index < -0.39 is 0 Å². The lowest BCUT2D eigenvalue weighted by atomic mass is 10.2. The van der Waals surface area contributed by atoms with Crippen LogP contribution in [0.5, 0.6) is 0 Å². The number of nitrogens with two attached hydrogens (primary N) is 1. The van der Waals surface area contributed by atoms with Crippen molar-refractivity contribution >= 4 is 55.9 Å². The standard InChI is InChI=1S/C13H8BrCl2N3/c14-6-3-10(16)12-11(4-6)18-13(19-12)8-2-1-7(17)5-9(8)15/h1-5H,17H2,(H,18,19). The van der Waals surface area contributed by atoms with Crippen LogP contribution < -0.4 is 5.73 Å². The van der Waals surface area contributed by atoms with Gasteiger partial charge in [0.15, 0.2) is 0 Å². The van der Waals surface area contributed by atoms with Gasteiger partial charge >= 0.3 is 0 Å². The minimum Gasteiger partial charge on any atom is -0.399 e. The molecule has 96 valence electrons. The summed E-state index contributed by atoms with van der Waals surface area (Å²) in [7, 11) is 0. The van der Waals surface area contributed by atoms with Crippen LogP contribution in [0.25, 0.3) is 22.4 Å². The molecule has 0 fully saturated rings. The molecule has 1 heterocycles. The van der Waals surface area contributed by atoms with Crippen molar-refractivity contribution in [1.82, 2.24) is 9.97 Å². The Hall–Kier alpha value is -1.23. The zero-order valence-corrected chi connectivity index (χ0v) is 12.6. The minimum atomic E-state index is 0.550. The van der Waals surface area contributed by atoms with Crippen LogP contribution in [0.2, 0.25) is 10.0 Å². The van der Waals surface area contributed by atoms with Gasteiger partial charge in [0.05, 0.1) is 15.6 Å². The second-order valence-electron chi connectivity index (χ2n) is 4.11. The number of aromatic nitrogens is 2. The predicted molar refractivity (Wildman–Crippen MR) is 83.7 cm³/mol. The Bertz CT molecular complexity index is 783. The molecular formula is C13H8BrCl2N3. The number of benzene rings is 2. The van der Waals surface area contributed by atoms with E-state index in [-0.39, 0.29) is 0 Å². The number of halogens is 3. The molecule has 3 nitrogen and oxygen atoms in total. The lowest BCUT2D eigenvalue weighted by Crippen LogP contribution is -1.87. The van der Waals surface area contributed by atoms with Crippen LogP contribution in [0.3, 0.4) is 0 Å². The third-order valence-electron chi connectivity index (χ3n) is 2.75. The van der Waals surface area contributed by atoms with Crippen molar-refractivity contribution < 1.29 is 0 Å². The highest BCUT2D eigenvalue weighted by atomic mass is 79.9. The molecule has 2 aromatic carbocycles. The molecule has 0 unspecified atom stereocenters. The molecule has 0 spiro atoms. The van der Waals surface area contributed by atoms with Crippen LogP contribution >= 0.6 is 39.1 Å². The Morgan fingerprint density at radius 2 is 1.89 bits per heavy atom. The second kappa shape index (κ2) is 4.71. The summed E-state index contributed by atoms with van der Waals surface area (Å²) in [6, 6.07) is 9.04. The number of fused-ring (bicyclic) bond motifs is 1. The first kappa shape index (κ1) is 12.8. The second-order valence-corrected chi connectivity index (χ2v) is 5.84. The van der Waals surface area contributed by atoms with Crippen LogP contribution in [0, 0.1) is 0 Å². The van der Waals surface area contributed by atoms with Crippen LogP contribution in [0.4, 0.5) is 5.69 Å². The smallest absolute Gasteiger partial charge is 0.140 e. The first-order chi connectivity index (χ1) is 9.04. The van der Waals surface area contributed by atoms with Crippen LogP contribution in [0.15, 0.2) is 34.8 Å². The summed E-state index contributed by atoms with van der Waals surface area (Å²) in [6.07, 6.45) is 0. The number of nitrogens with one attached hydrogen (secondary N) is 1. The summed E-state index contributed by atoms with van der Waals surface area (Å²) in [5.74, 6) is 0.667. The molecule has 0 saturated heterocycles. The van der Waals surface area contributed by atoms with Gasteiger partial charge in [0.25, 0.3) is 0 Å². The maximum atomic E-state index is 6.18. The summed E-state index contributed by atoms with van der Waals surface area (Å²) >= 11 is 15.7. The van der Waals surface area contributed by atoms with Gasteiger partial charge in [0.2, 0.25) is 0 Å². The van der Waals surface area contributed by atoms with Crippen molar-refractivity contribution in [2.24, 2.45) is 0 Å². The SMILES string of the molecule is Nc1ccc(-c2nc3c(Cl)cc(Br)cc3[nH]2)c(Cl)c1. The first-order valence-corrected chi connectivity index (χ1v) is 6.99. The highest BCUT2D eigenvalue weighted by Crippen LogP contribution is 2.32. The number of hydrogen-bond acceptors (Lipinski definition) is 2. The third-order valence-corrected chi connectivity index (χ3v) is 3.81. The van der Waals surface area contributed by atoms with Crippen LogP contribution in [0.1, 0.15) is 0 Å². The summed E-state index contributed by atoms with van der Waals surface area (Å²) in [6.45, 7) is 0. The molecule has 3 N–H and O–H groups in total. The monoisotopic (exact) mass is 355 g/mol. The van der Waals surface area contributed by atoms with Gasteiger partial charge in [-0.1, -0.05) is 39.1 Å². The van der Waals surface area contributed by atoms with E-state index in [0.717, 1.165) is 15.6 Å². The molecule has 0 bridgehead atoms. The summed E-state index contributed by atoms with van der Waals surface area (Å²) < 4.78 is 0.892. The normalized spacial score (nSPS) is 11.1. The van der Waals surface area contributed by atoms with Gasteiger partial charge in [-0.3, -0.25) is 0 Å². The summed E-state index contributed by atoms with van der Waals surface area (Å²) in [5.41, 5.74) is 8.65. The molecule has 0 atom stereocenters. The van der Waals surface area contributed by atoms with Crippen molar-refractivity contribution in [3.63, 3.8) is 0 Å². The molecule has 19 heavy (non-hydrogen) atoms. The molecule has 0 saturated carbocycles. The van der Waals surface area contributed by atoms with Gasteiger partial charge in [-0.25, -0.2) is 4.98 Å². The van der Waals surface area contributed by atoms with Crippen molar-refractivity contribution in [2.45, 2.75) is 0 Å². The van der Waals surface area contributed by atoms with Crippen molar-refractivity contribution in [3.05, 3.63) is 44.8 Å². The Morgan fingerprint density at radius 3 is 2.63 bits per heavy atom. The molecule has 0 aliphatic carbocycles. The number of anilines is 1. The number of nitrogen functional groups attached to an aromatic ring is 1.